The molecule has 0 aliphatic heterocycles. The topological polar surface area (TPSA) is 67.2 Å². The zero-order chi connectivity index (χ0) is 27.0. The molecule has 5 rings (SSSR count). The molecular formula is C33H30N4O2. The Bertz CT molecular complexity index is 1530. The number of carbonyl (C=O) groups is 2. The highest BCUT2D eigenvalue weighted by atomic mass is 16.2. The number of amides is 2. The summed E-state index contributed by atoms with van der Waals surface area (Å²) in [4.78, 5) is 33.1. The van der Waals surface area contributed by atoms with E-state index in [-0.39, 0.29) is 24.8 Å². The standard InChI is InChI=1S/C33H30N4O2/c1-25-17-19-29(20-18-25)37-23-30(28-15-9-4-10-16-28)34-33(37)35-31(38)24-36(22-27-13-7-3-8-14-27)32(39)21-26-11-5-2-6-12-26/h2-20,23H,21-22,24H2,1H3,(H,34,35,38). The second kappa shape index (κ2) is 12.0. The fourth-order valence-corrected chi connectivity index (χ4v) is 4.37. The van der Waals surface area contributed by atoms with Gasteiger partial charge in [0.15, 0.2) is 0 Å². The van der Waals surface area contributed by atoms with Crippen LogP contribution in [0.25, 0.3) is 16.9 Å². The number of hydrogen-bond acceptors (Lipinski definition) is 3. The van der Waals surface area contributed by atoms with E-state index < -0.39 is 0 Å². The SMILES string of the molecule is Cc1ccc(-n2cc(-c3ccccc3)nc2NC(=O)CN(Cc2ccccc2)C(=O)Cc2ccccc2)cc1. The molecule has 0 bridgehead atoms. The predicted octanol–water partition coefficient (Wildman–Crippen LogP) is 6.06. The number of imidazole rings is 1. The number of carbonyl (C=O) groups excluding carboxylic acids is 2. The zero-order valence-electron chi connectivity index (χ0n) is 21.8. The average molecular weight is 515 g/mol. The fourth-order valence-electron chi connectivity index (χ4n) is 4.37. The van der Waals surface area contributed by atoms with Gasteiger partial charge < -0.3 is 4.90 Å². The molecule has 6 heteroatoms. The number of aromatic nitrogens is 2. The van der Waals surface area contributed by atoms with E-state index in [0.717, 1.165) is 33.6 Å². The van der Waals surface area contributed by atoms with Crippen molar-refractivity contribution in [3.05, 3.63) is 138 Å². The monoisotopic (exact) mass is 514 g/mol. The molecule has 2 amide bonds. The summed E-state index contributed by atoms with van der Waals surface area (Å²) in [5, 5.41) is 2.97. The highest BCUT2D eigenvalue weighted by Crippen LogP contribution is 2.24. The van der Waals surface area contributed by atoms with Crippen molar-refractivity contribution in [1.29, 1.82) is 0 Å². The summed E-state index contributed by atoms with van der Waals surface area (Å²) in [7, 11) is 0. The Hall–Kier alpha value is -4.97. The van der Waals surface area contributed by atoms with Gasteiger partial charge in [0.25, 0.3) is 0 Å². The third kappa shape index (κ3) is 6.67. The zero-order valence-corrected chi connectivity index (χ0v) is 21.8. The van der Waals surface area contributed by atoms with Gasteiger partial charge in [-0.1, -0.05) is 109 Å². The molecule has 0 saturated heterocycles. The maximum atomic E-state index is 13.4. The highest BCUT2D eigenvalue weighted by Gasteiger charge is 2.20. The summed E-state index contributed by atoms with van der Waals surface area (Å²) in [6.45, 7) is 2.27. The summed E-state index contributed by atoms with van der Waals surface area (Å²) in [6, 6.07) is 37.1. The van der Waals surface area contributed by atoms with Crippen LogP contribution in [0.4, 0.5) is 5.95 Å². The molecule has 0 radical (unpaired) electrons. The molecule has 0 unspecified atom stereocenters. The third-order valence-corrected chi connectivity index (χ3v) is 6.44. The number of aryl methyl sites for hydroxylation is 1. The van der Waals surface area contributed by atoms with E-state index in [0.29, 0.717) is 12.5 Å². The van der Waals surface area contributed by atoms with Crippen LogP contribution in [0, 0.1) is 6.92 Å². The first-order valence-corrected chi connectivity index (χ1v) is 12.9. The van der Waals surface area contributed by atoms with Crippen LogP contribution in [0.15, 0.2) is 121 Å². The second-order valence-corrected chi connectivity index (χ2v) is 9.47. The lowest BCUT2D eigenvalue weighted by atomic mass is 10.1. The molecule has 1 aromatic heterocycles. The lowest BCUT2D eigenvalue weighted by Gasteiger charge is -2.22. The molecule has 194 valence electrons. The molecule has 0 atom stereocenters. The highest BCUT2D eigenvalue weighted by molar-refractivity contribution is 5.94. The molecule has 1 N–H and O–H groups in total. The number of nitrogens with one attached hydrogen (secondary N) is 1. The molecule has 39 heavy (non-hydrogen) atoms. The first kappa shape index (κ1) is 25.7. The largest absolute Gasteiger partial charge is 0.329 e. The summed E-state index contributed by atoms with van der Waals surface area (Å²) in [5.41, 5.74) is 5.58. The Kier molecular flexibility index (Phi) is 7.93. The average Bonchev–Trinajstić information content (AvgIpc) is 3.38. The van der Waals surface area contributed by atoms with E-state index in [4.69, 9.17) is 4.98 Å². The molecule has 1 heterocycles. The van der Waals surface area contributed by atoms with Gasteiger partial charge in [-0.2, -0.15) is 0 Å². The van der Waals surface area contributed by atoms with Crippen LogP contribution in [-0.2, 0) is 22.6 Å². The van der Waals surface area contributed by atoms with E-state index in [9.17, 15) is 9.59 Å². The quantitative estimate of drug-likeness (QED) is 0.260. The van der Waals surface area contributed by atoms with Gasteiger partial charge in [0.05, 0.1) is 12.1 Å². The molecule has 0 fully saturated rings. The van der Waals surface area contributed by atoms with Crippen molar-refractivity contribution in [2.75, 3.05) is 11.9 Å². The van der Waals surface area contributed by atoms with Gasteiger partial charge in [-0.05, 0) is 30.2 Å². The van der Waals surface area contributed by atoms with Crippen molar-refractivity contribution >= 4 is 17.8 Å². The number of rotatable bonds is 9. The number of hydrogen-bond donors (Lipinski definition) is 1. The molecule has 0 spiro atoms. The fraction of sp³-hybridized carbons (Fsp3) is 0.121. The Labute approximate surface area is 228 Å². The van der Waals surface area contributed by atoms with E-state index >= 15 is 0 Å². The van der Waals surface area contributed by atoms with Crippen molar-refractivity contribution in [2.45, 2.75) is 19.9 Å². The van der Waals surface area contributed by atoms with E-state index in [2.05, 4.69) is 5.32 Å². The van der Waals surface area contributed by atoms with E-state index in [1.807, 2.05) is 133 Å². The molecule has 0 aliphatic rings. The lowest BCUT2D eigenvalue weighted by molar-refractivity contribution is -0.134. The van der Waals surface area contributed by atoms with Crippen LogP contribution in [0.3, 0.4) is 0 Å². The van der Waals surface area contributed by atoms with Crippen molar-refractivity contribution < 1.29 is 9.59 Å². The van der Waals surface area contributed by atoms with Gasteiger partial charge in [-0.25, -0.2) is 4.98 Å². The van der Waals surface area contributed by atoms with E-state index in [1.165, 1.54) is 0 Å². The number of anilines is 1. The van der Waals surface area contributed by atoms with Gasteiger partial charge in [0.2, 0.25) is 17.8 Å². The molecule has 0 saturated carbocycles. The molecule has 6 nitrogen and oxygen atoms in total. The van der Waals surface area contributed by atoms with Gasteiger partial charge in [-0.3, -0.25) is 19.5 Å². The predicted molar refractivity (Wildman–Crippen MR) is 154 cm³/mol. The minimum absolute atomic E-state index is 0.0952. The molecule has 0 aliphatic carbocycles. The maximum absolute atomic E-state index is 13.4. The Morgan fingerprint density at radius 1 is 0.769 bits per heavy atom. The first-order valence-electron chi connectivity index (χ1n) is 12.9. The summed E-state index contributed by atoms with van der Waals surface area (Å²) in [6.07, 6.45) is 2.13. The minimum Gasteiger partial charge on any atom is -0.329 e. The van der Waals surface area contributed by atoms with Gasteiger partial charge in [0, 0.05) is 24.0 Å². The van der Waals surface area contributed by atoms with Gasteiger partial charge >= 0.3 is 0 Å². The summed E-state index contributed by atoms with van der Waals surface area (Å²) in [5.74, 6) is -0.0316. The van der Waals surface area contributed by atoms with Crippen LogP contribution < -0.4 is 5.32 Å². The smallest absolute Gasteiger partial charge is 0.246 e. The Morgan fingerprint density at radius 2 is 1.36 bits per heavy atom. The maximum Gasteiger partial charge on any atom is 0.246 e. The van der Waals surface area contributed by atoms with Crippen molar-refractivity contribution in [3.63, 3.8) is 0 Å². The van der Waals surface area contributed by atoms with Crippen LogP contribution in [0.1, 0.15) is 16.7 Å². The second-order valence-electron chi connectivity index (χ2n) is 9.47. The van der Waals surface area contributed by atoms with Crippen LogP contribution >= 0.6 is 0 Å². The molecule has 5 aromatic rings. The Morgan fingerprint density at radius 3 is 2.00 bits per heavy atom. The van der Waals surface area contributed by atoms with Crippen molar-refractivity contribution in [2.24, 2.45) is 0 Å². The number of benzene rings is 4. The van der Waals surface area contributed by atoms with Gasteiger partial charge in [-0.15, -0.1) is 0 Å². The third-order valence-electron chi connectivity index (χ3n) is 6.44. The van der Waals surface area contributed by atoms with Crippen molar-refractivity contribution in [3.8, 4) is 16.9 Å². The van der Waals surface area contributed by atoms with Gasteiger partial charge in [0.1, 0.15) is 6.54 Å². The molecular weight excluding hydrogens is 484 g/mol. The van der Waals surface area contributed by atoms with Crippen LogP contribution in [0.5, 0.6) is 0 Å². The van der Waals surface area contributed by atoms with E-state index in [1.54, 1.807) is 4.90 Å². The lowest BCUT2D eigenvalue weighted by Crippen LogP contribution is -2.38. The summed E-state index contributed by atoms with van der Waals surface area (Å²) >= 11 is 0. The Balaban J connectivity index is 1.40. The minimum atomic E-state index is -0.314. The number of nitrogens with zero attached hydrogens (tertiary/aromatic N) is 3. The summed E-state index contributed by atoms with van der Waals surface area (Å²) < 4.78 is 1.87. The molecule has 4 aromatic carbocycles. The normalized spacial score (nSPS) is 10.7. The first-order chi connectivity index (χ1) is 19.0. The van der Waals surface area contributed by atoms with Crippen molar-refractivity contribution in [1.82, 2.24) is 14.5 Å². The van der Waals surface area contributed by atoms with Crippen LogP contribution in [0.2, 0.25) is 0 Å². The van der Waals surface area contributed by atoms with Crippen LogP contribution in [-0.4, -0.2) is 32.8 Å².